The number of aliphatic hydroxyl groups is 1. The minimum Gasteiger partial charge on any atom is -0.511 e. The van der Waals surface area contributed by atoms with E-state index in [1.54, 1.807) is 12.1 Å². The van der Waals surface area contributed by atoms with Crippen LogP contribution in [0.2, 0.25) is 0 Å². The van der Waals surface area contributed by atoms with Crippen molar-refractivity contribution in [3.8, 4) is 0 Å². The fraction of sp³-hybridized carbons (Fsp3) is 0.0909. The Labute approximate surface area is 159 Å². The summed E-state index contributed by atoms with van der Waals surface area (Å²) in [4.78, 5) is 17.6. The molecule has 0 radical (unpaired) electrons. The molecule has 1 aliphatic rings. The summed E-state index contributed by atoms with van der Waals surface area (Å²) in [5.74, 6) is -0.765. The van der Waals surface area contributed by atoms with Crippen LogP contribution in [0.15, 0.2) is 66.4 Å². The number of rotatable bonds is 2. The molecule has 0 bridgehead atoms. The molecule has 0 fully saturated rings. The molecule has 2 heterocycles. The maximum Gasteiger partial charge on any atom is 0.262 e. The number of aliphatic hydroxyl groups excluding tert-OH is 1. The monoisotopic (exact) mass is 373 g/mol. The summed E-state index contributed by atoms with van der Waals surface area (Å²) in [6, 6.07) is 17.8. The number of nitrogens with one attached hydrogen (secondary N) is 1. The van der Waals surface area contributed by atoms with E-state index in [1.807, 2.05) is 41.0 Å². The van der Waals surface area contributed by atoms with E-state index in [0.717, 1.165) is 21.8 Å². The van der Waals surface area contributed by atoms with E-state index in [1.165, 1.54) is 12.1 Å². The minimum absolute atomic E-state index is 0.0408. The molecule has 138 valence electrons. The van der Waals surface area contributed by atoms with Crippen molar-refractivity contribution in [2.45, 2.75) is 13.0 Å². The number of hydrogen-bond donors (Lipinski definition) is 2. The normalized spacial score (nSPS) is 13.8. The van der Waals surface area contributed by atoms with Gasteiger partial charge in [-0.1, -0.05) is 42.5 Å². The van der Waals surface area contributed by atoms with Crippen molar-refractivity contribution >= 4 is 39.0 Å². The molecule has 2 N–H and O–H groups in total. The van der Waals surface area contributed by atoms with Crippen molar-refractivity contribution in [3.63, 3.8) is 0 Å². The molecule has 1 aliphatic heterocycles. The molecular weight excluding hydrogens is 357 g/mol. The second kappa shape index (κ2) is 6.20. The molecule has 0 unspecified atom stereocenters. The van der Waals surface area contributed by atoms with E-state index in [0.29, 0.717) is 18.8 Å². The predicted octanol–water partition coefficient (Wildman–Crippen LogP) is 4.64. The highest BCUT2D eigenvalue weighted by molar-refractivity contribution is 6.25. The number of allylic oxidation sites excluding steroid dienone is 1. The molecule has 0 saturated carbocycles. The van der Waals surface area contributed by atoms with E-state index >= 15 is 0 Å². The standard InChI is InChI=1S/C22H16FN3O2/c23-15-7-3-4-8-16(15)24-22(28)19-18(27)11-12-26-17-10-9-13-5-1-2-6-14(13)20(17)25-21(19)26/h1-10,27H,11-12H2,(H,24,28). The Kier molecular flexibility index (Phi) is 3.65. The van der Waals surface area contributed by atoms with Crippen LogP contribution < -0.4 is 5.32 Å². The number of fused-ring (bicyclic) bond motifs is 5. The van der Waals surface area contributed by atoms with Gasteiger partial charge >= 0.3 is 0 Å². The molecule has 0 aliphatic carbocycles. The average Bonchev–Trinajstić information content (AvgIpc) is 3.08. The molecule has 28 heavy (non-hydrogen) atoms. The van der Waals surface area contributed by atoms with E-state index in [-0.39, 0.29) is 17.0 Å². The van der Waals surface area contributed by atoms with Crippen molar-refractivity contribution in [2.24, 2.45) is 0 Å². The van der Waals surface area contributed by atoms with Gasteiger partial charge in [-0.05, 0) is 23.6 Å². The van der Waals surface area contributed by atoms with Crippen LogP contribution in [-0.4, -0.2) is 20.6 Å². The average molecular weight is 373 g/mol. The molecule has 1 aromatic heterocycles. The van der Waals surface area contributed by atoms with Gasteiger partial charge in [-0.3, -0.25) is 4.79 Å². The van der Waals surface area contributed by atoms with Gasteiger partial charge in [-0.15, -0.1) is 0 Å². The minimum atomic E-state index is -0.580. The van der Waals surface area contributed by atoms with E-state index in [9.17, 15) is 14.3 Å². The number of hydrogen-bond acceptors (Lipinski definition) is 3. The third-order valence-electron chi connectivity index (χ3n) is 5.08. The van der Waals surface area contributed by atoms with Gasteiger partial charge in [0.25, 0.3) is 5.91 Å². The quantitative estimate of drug-likeness (QED) is 0.538. The summed E-state index contributed by atoms with van der Waals surface area (Å²) < 4.78 is 15.9. The highest BCUT2D eigenvalue weighted by atomic mass is 19.1. The summed E-state index contributed by atoms with van der Waals surface area (Å²) in [5, 5.41) is 15.0. The van der Waals surface area contributed by atoms with E-state index in [4.69, 9.17) is 0 Å². The Bertz CT molecular complexity index is 1290. The maximum absolute atomic E-state index is 13.9. The van der Waals surface area contributed by atoms with Crippen LogP contribution >= 0.6 is 0 Å². The SMILES string of the molecule is O=C(Nc1ccccc1F)C1=C(O)CCn2c1nc1c3ccccc3ccc12. The number of para-hydroxylation sites is 1. The zero-order chi connectivity index (χ0) is 19.3. The van der Waals surface area contributed by atoms with Gasteiger partial charge in [0, 0.05) is 18.4 Å². The largest absolute Gasteiger partial charge is 0.511 e. The summed E-state index contributed by atoms with van der Waals surface area (Å²) >= 11 is 0. The Morgan fingerprint density at radius 2 is 1.86 bits per heavy atom. The van der Waals surface area contributed by atoms with Crippen LogP contribution in [0.25, 0.3) is 27.4 Å². The zero-order valence-corrected chi connectivity index (χ0v) is 14.8. The molecule has 5 rings (SSSR count). The first kappa shape index (κ1) is 16.5. The van der Waals surface area contributed by atoms with Crippen LogP contribution in [0, 0.1) is 5.82 Å². The second-order valence-electron chi connectivity index (χ2n) is 6.75. The summed E-state index contributed by atoms with van der Waals surface area (Å²) in [6.45, 7) is 0.520. The van der Waals surface area contributed by atoms with E-state index in [2.05, 4.69) is 10.3 Å². The second-order valence-corrected chi connectivity index (χ2v) is 6.75. The number of aromatic nitrogens is 2. The van der Waals surface area contributed by atoms with Gasteiger partial charge in [-0.25, -0.2) is 9.37 Å². The van der Waals surface area contributed by atoms with Gasteiger partial charge in [-0.2, -0.15) is 0 Å². The fourth-order valence-corrected chi connectivity index (χ4v) is 3.73. The summed E-state index contributed by atoms with van der Waals surface area (Å²) in [5.41, 5.74) is 1.82. The number of benzene rings is 3. The number of halogens is 1. The topological polar surface area (TPSA) is 67.2 Å². The third-order valence-corrected chi connectivity index (χ3v) is 5.08. The van der Waals surface area contributed by atoms with Crippen LogP contribution in [0.1, 0.15) is 12.2 Å². The Morgan fingerprint density at radius 1 is 1.07 bits per heavy atom. The summed E-state index contributed by atoms with van der Waals surface area (Å²) in [7, 11) is 0. The van der Waals surface area contributed by atoms with Gasteiger partial charge in [0.1, 0.15) is 23.0 Å². The van der Waals surface area contributed by atoms with Gasteiger partial charge < -0.3 is 15.0 Å². The lowest BCUT2D eigenvalue weighted by atomic mass is 10.1. The lowest BCUT2D eigenvalue weighted by Crippen LogP contribution is -2.22. The molecule has 3 aromatic carbocycles. The van der Waals surface area contributed by atoms with Gasteiger partial charge in [0.2, 0.25) is 0 Å². The molecule has 5 nitrogen and oxygen atoms in total. The van der Waals surface area contributed by atoms with Crippen molar-refractivity contribution in [1.29, 1.82) is 0 Å². The maximum atomic E-state index is 13.9. The number of anilines is 1. The smallest absolute Gasteiger partial charge is 0.262 e. The first-order valence-electron chi connectivity index (χ1n) is 9.00. The predicted molar refractivity (Wildman–Crippen MR) is 106 cm³/mol. The van der Waals surface area contributed by atoms with Crippen LogP contribution in [0.3, 0.4) is 0 Å². The highest BCUT2D eigenvalue weighted by Gasteiger charge is 2.29. The number of nitrogens with zero attached hydrogens (tertiary/aromatic N) is 2. The Balaban J connectivity index is 1.65. The molecule has 6 heteroatoms. The Hall–Kier alpha value is -3.67. The van der Waals surface area contributed by atoms with Crippen molar-refractivity contribution < 1.29 is 14.3 Å². The third kappa shape index (κ3) is 2.45. The van der Waals surface area contributed by atoms with Crippen molar-refractivity contribution in [1.82, 2.24) is 9.55 Å². The molecule has 4 aromatic rings. The number of carbonyl (C=O) groups excluding carboxylic acids is 1. The van der Waals surface area contributed by atoms with Gasteiger partial charge in [0.15, 0.2) is 0 Å². The van der Waals surface area contributed by atoms with E-state index < -0.39 is 11.7 Å². The molecule has 1 amide bonds. The Morgan fingerprint density at radius 3 is 2.71 bits per heavy atom. The highest BCUT2D eigenvalue weighted by Crippen LogP contribution is 2.33. The fourth-order valence-electron chi connectivity index (χ4n) is 3.73. The molecule has 0 atom stereocenters. The first-order chi connectivity index (χ1) is 13.6. The number of carbonyl (C=O) groups is 1. The molecular formula is C22H16FN3O2. The molecule has 0 saturated heterocycles. The van der Waals surface area contributed by atoms with Crippen molar-refractivity contribution in [2.75, 3.05) is 5.32 Å². The number of aryl methyl sites for hydroxylation is 1. The van der Waals surface area contributed by atoms with Gasteiger partial charge in [0.05, 0.1) is 16.7 Å². The van der Waals surface area contributed by atoms with Crippen LogP contribution in [0.4, 0.5) is 10.1 Å². The first-order valence-corrected chi connectivity index (χ1v) is 9.00. The number of imidazole rings is 1. The summed E-state index contributed by atoms with van der Waals surface area (Å²) in [6.07, 6.45) is 0.311. The lowest BCUT2D eigenvalue weighted by Gasteiger charge is -2.18. The van der Waals surface area contributed by atoms with Crippen molar-refractivity contribution in [3.05, 3.63) is 78.1 Å². The number of amides is 1. The van der Waals surface area contributed by atoms with Crippen LogP contribution in [-0.2, 0) is 11.3 Å². The van der Waals surface area contributed by atoms with Crippen LogP contribution in [0.5, 0.6) is 0 Å². The lowest BCUT2D eigenvalue weighted by molar-refractivity contribution is -0.111. The molecule has 0 spiro atoms. The zero-order valence-electron chi connectivity index (χ0n) is 14.8.